The summed E-state index contributed by atoms with van der Waals surface area (Å²) < 4.78 is 0. The van der Waals surface area contributed by atoms with Crippen LogP contribution in [-0.4, -0.2) is 36.0 Å². The van der Waals surface area contributed by atoms with Gasteiger partial charge in [-0.2, -0.15) is 0 Å². The largest absolute Gasteiger partial charge is 0.339 e. The van der Waals surface area contributed by atoms with Gasteiger partial charge in [-0.25, -0.2) is 0 Å². The number of amides is 1. The Morgan fingerprint density at radius 3 is 2.83 bits per heavy atom. The highest BCUT2D eigenvalue weighted by atomic mass is 16.2. The number of piperidine rings is 2. The van der Waals surface area contributed by atoms with Crippen LogP contribution in [0.5, 0.6) is 0 Å². The summed E-state index contributed by atoms with van der Waals surface area (Å²) in [6.07, 6.45) is 8.30. The van der Waals surface area contributed by atoms with Crippen LogP contribution in [0.1, 0.15) is 58.8 Å². The fourth-order valence-corrected chi connectivity index (χ4v) is 3.52. The van der Waals surface area contributed by atoms with Crippen molar-refractivity contribution in [1.82, 2.24) is 10.2 Å². The van der Waals surface area contributed by atoms with Crippen molar-refractivity contribution in [1.29, 1.82) is 0 Å². The van der Waals surface area contributed by atoms with Gasteiger partial charge in [0.2, 0.25) is 5.91 Å². The summed E-state index contributed by atoms with van der Waals surface area (Å²) in [5, 5.41) is 3.45. The third-order valence-corrected chi connectivity index (χ3v) is 4.61. The molecular formula is C15H28N2O. The summed E-state index contributed by atoms with van der Waals surface area (Å²) in [4.78, 5) is 14.9. The standard InChI is InChI=1S/C15H28N2O/c1-3-7-13-8-4-5-11-17(13)15(18)14-9-6-10-16-12(14)2/h12-14,16H,3-11H2,1-2H3. The maximum absolute atomic E-state index is 12.7. The molecular weight excluding hydrogens is 224 g/mol. The maximum Gasteiger partial charge on any atom is 0.227 e. The van der Waals surface area contributed by atoms with Gasteiger partial charge in [-0.15, -0.1) is 0 Å². The van der Waals surface area contributed by atoms with Crippen molar-refractivity contribution in [3.05, 3.63) is 0 Å². The van der Waals surface area contributed by atoms with Gasteiger partial charge in [0.25, 0.3) is 0 Å². The zero-order valence-electron chi connectivity index (χ0n) is 12.0. The molecule has 0 aromatic heterocycles. The second-order valence-corrected chi connectivity index (χ2v) is 5.96. The number of nitrogens with zero attached hydrogens (tertiary/aromatic N) is 1. The van der Waals surface area contributed by atoms with E-state index in [1.165, 1.54) is 32.1 Å². The molecule has 104 valence electrons. The molecule has 2 heterocycles. The van der Waals surface area contributed by atoms with Gasteiger partial charge in [0.05, 0.1) is 5.92 Å². The average Bonchev–Trinajstić information content (AvgIpc) is 2.40. The Hall–Kier alpha value is -0.570. The SMILES string of the molecule is CCCC1CCCCN1C(=O)C1CCCNC1C. The number of nitrogens with one attached hydrogen (secondary N) is 1. The maximum atomic E-state index is 12.7. The monoisotopic (exact) mass is 252 g/mol. The van der Waals surface area contributed by atoms with Crippen LogP contribution in [0.2, 0.25) is 0 Å². The molecule has 0 spiro atoms. The van der Waals surface area contributed by atoms with Crippen molar-refractivity contribution in [2.75, 3.05) is 13.1 Å². The Morgan fingerprint density at radius 1 is 1.28 bits per heavy atom. The van der Waals surface area contributed by atoms with Crippen LogP contribution in [0.15, 0.2) is 0 Å². The first kappa shape index (κ1) is 13.9. The highest BCUT2D eigenvalue weighted by Gasteiger charge is 2.34. The second-order valence-electron chi connectivity index (χ2n) is 5.96. The minimum atomic E-state index is 0.219. The van der Waals surface area contributed by atoms with Gasteiger partial charge in [-0.1, -0.05) is 13.3 Å². The summed E-state index contributed by atoms with van der Waals surface area (Å²) in [5.74, 6) is 0.643. The first-order valence-electron chi connectivity index (χ1n) is 7.78. The molecule has 2 aliphatic heterocycles. The molecule has 0 radical (unpaired) electrons. The van der Waals surface area contributed by atoms with E-state index in [-0.39, 0.29) is 5.92 Å². The van der Waals surface area contributed by atoms with E-state index < -0.39 is 0 Å². The van der Waals surface area contributed by atoms with Crippen molar-refractivity contribution in [3.63, 3.8) is 0 Å². The summed E-state index contributed by atoms with van der Waals surface area (Å²) in [6.45, 7) is 6.46. The molecule has 3 heteroatoms. The van der Waals surface area contributed by atoms with E-state index >= 15 is 0 Å². The van der Waals surface area contributed by atoms with Crippen LogP contribution in [0.3, 0.4) is 0 Å². The van der Waals surface area contributed by atoms with Gasteiger partial charge in [0.15, 0.2) is 0 Å². The molecule has 3 atom stereocenters. The second kappa shape index (κ2) is 6.55. The number of likely N-dealkylation sites (tertiary alicyclic amines) is 1. The van der Waals surface area contributed by atoms with Crippen LogP contribution in [0.4, 0.5) is 0 Å². The fraction of sp³-hybridized carbons (Fsp3) is 0.933. The van der Waals surface area contributed by atoms with Crippen molar-refractivity contribution >= 4 is 5.91 Å². The molecule has 1 amide bonds. The molecule has 2 fully saturated rings. The molecule has 0 aromatic rings. The lowest BCUT2D eigenvalue weighted by molar-refractivity contribution is -0.141. The molecule has 1 N–H and O–H groups in total. The Morgan fingerprint density at radius 2 is 2.11 bits per heavy atom. The molecule has 3 unspecified atom stereocenters. The van der Waals surface area contributed by atoms with Crippen LogP contribution >= 0.6 is 0 Å². The normalized spacial score (nSPS) is 33.4. The van der Waals surface area contributed by atoms with Gasteiger partial charge in [-0.3, -0.25) is 4.79 Å². The highest BCUT2D eigenvalue weighted by molar-refractivity contribution is 5.80. The molecule has 0 aromatic carbocycles. The van der Waals surface area contributed by atoms with Crippen LogP contribution < -0.4 is 5.32 Å². The predicted molar refractivity (Wildman–Crippen MR) is 74.4 cm³/mol. The summed E-state index contributed by atoms with van der Waals surface area (Å²) >= 11 is 0. The van der Waals surface area contributed by atoms with Gasteiger partial charge in [0, 0.05) is 18.6 Å². The van der Waals surface area contributed by atoms with Gasteiger partial charge >= 0.3 is 0 Å². The van der Waals surface area contributed by atoms with Crippen LogP contribution in [0.25, 0.3) is 0 Å². The highest BCUT2D eigenvalue weighted by Crippen LogP contribution is 2.26. The summed E-state index contributed by atoms with van der Waals surface area (Å²) in [7, 11) is 0. The number of carbonyl (C=O) groups is 1. The van der Waals surface area contributed by atoms with Crippen molar-refractivity contribution in [3.8, 4) is 0 Å². The Labute approximate surface area is 111 Å². The molecule has 2 saturated heterocycles. The van der Waals surface area contributed by atoms with E-state index in [4.69, 9.17) is 0 Å². The Kier molecular flexibility index (Phi) is 5.04. The minimum Gasteiger partial charge on any atom is -0.339 e. The van der Waals surface area contributed by atoms with Crippen molar-refractivity contribution in [2.45, 2.75) is 70.9 Å². The lowest BCUT2D eigenvalue weighted by Crippen LogP contribution is -2.52. The predicted octanol–water partition coefficient (Wildman–Crippen LogP) is 2.56. The summed E-state index contributed by atoms with van der Waals surface area (Å²) in [5.41, 5.74) is 0. The fourth-order valence-electron chi connectivity index (χ4n) is 3.52. The van der Waals surface area contributed by atoms with Crippen LogP contribution in [-0.2, 0) is 4.79 Å². The van der Waals surface area contributed by atoms with Gasteiger partial charge in [0.1, 0.15) is 0 Å². The first-order valence-corrected chi connectivity index (χ1v) is 7.78. The molecule has 0 aliphatic carbocycles. The lowest BCUT2D eigenvalue weighted by atomic mass is 9.88. The quantitative estimate of drug-likeness (QED) is 0.837. The van der Waals surface area contributed by atoms with E-state index in [2.05, 4.69) is 24.1 Å². The number of hydrogen-bond donors (Lipinski definition) is 1. The smallest absolute Gasteiger partial charge is 0.227 e. The van der Waals surface area contributed by atoms with Crippen molar-refractivity contribution in [2.24, 2.45) is 5.92 Å². The Bertz CT molecular complexity index is 278. The van der Waals surface area contributed by atoms with E-state index in [0.29, 0.717) is 18.0 Å². The minimum absolute atomic E-state index is 0.219. The number of rotatable bonds is 3. The third-order valence-electron chi connectivity index (χ3n) is 4.61. The molecule has 18 heavy (non-hydrogen) atoms. The zero-order valence-corrected chi connectivity index (χ0v) is 12.0. The topological polar surface area (TPSA) is 32.3 Å². The van der Waals surface area contributed by atoms with E-state index in [1.807, 2.05) is 0 Å². The lowest BCUT2D eigenvalue weighted by Gasteiger charge is -2.40. The van der Waals surface area contributed by atoms with E-state index in [9.17, 15) is 4.79 Å². The number of carbonyl (C=O) groups excluding carboxylic acids is 1. The zero-order chi connectivity index (χ0) is 13.0. The molecule has 3 nitrogen and oxygen atoms in total. The molecule has 2 rings (SSSR count). The Balaban J connectivity index is 2.00. The van der Waals surface area contributed by atoms with Crippen molar-refractivity contribution < 1.29 is 4.79 Å². The van der Waals surface area contributed by atoms with Crippen LogP contribution in [0, 0.1) is 5.92 Å². The van der Waals surface area contributed by atoms with E-state index in [1.54, 1.807) is 0 Å². The van der Waals surface area contributed by atoms with Gasteiger partial charge in [-0.05, 0) is 52.0 Å². The number of hydrogen-bond acceptors (Lipinski definition) is 2. The molecule has 0 saturated carbocycles. The molecule has 0 bridgehead atoms. The average molecular weight is 252 g/mol. The third kappa shape index (κ3) is 3.05. The summed E-state index contributed by atoms with van der Waals surface area (Å²) in [6, 6.07) is 0.876. The first-order chi connectivity index (χ1) is 8.74. The van der Waals surface area contributed by atoms with Gasteiger partial charge < -0.3 is 10.2 Å². The molecule has 2 aliphatic rings. The van der Waals surface area contributed by atoms with E-state index in [0.717, 1.165) is 25.9 Å².